The number of nitrogens with one attached hydrogen (secondary N) is 1. The smallest absolute Gasteiger partial charge is 0.271 e. The van der Waals surface area contributed by atoms with E-state index in [1.165, 1.54) is 16.7 Å². The molecule has 0 aliphatic heterocycles. The van der Waals surface area contributed by atoms with Crippen molar-refractivity contribution in [1.29, 1.82) is 0 Å². The molecule has 3 aromatic carbocycles. The maximum Gasteiger partial charge on any atom is 0.271 e. The number of hydrogen-bond donors (Lipinski definition) is 1. The highest BCUT2D eigenvalue weighted by atomic mass is 32.2. The van der Waals surface area contributed by atoms with Crippen LogP contribution in [0.5, 0.6) is 0 Å². The molecule has 0 aliphatic carbocycles. The summed E-state index contributed by atoms with van der Waals surface area (Å²) >= 11 is 1.86. The third kappa shape index (κ3) is 5.86. The van der Waals surface area contributed by atoms with E-state index in [-0.39, 0.29) is 5.91 Å². The number of amides is 1. The van der Waals surface area contributed by atoms with E-state index in [1.54, 1.807) is 6.21 Å². The zero-order valence-electron chi connectivity index (χ0n) is 19.8. The minimum absolute atomic E-state index is 0.216. The van der Waals surface area contributed by atoms with Crippen LogP contribution in [0, 0.1) is 20.8 Å². The van der Waals surface area contributed by atoms with E-state index in [0.717, 1.165) is 34.1 Å². The Bertz CT molecular complexity index is 1290. The molecule has 0 unspecified atom stereocenters. The molecule has 172 valence electrons. The zero-order chi connectivity index (χ0) is 23.9. The number of aryl methyl sites for hydroxylation is 2. The first-order chi connectivity index (χ1) is 16.5. The van der Waals surface area contributed by atoms with Crippen LogP contribution in [0.4, 0.5) is 0 Å². The number of carbonyl (C=O) groups is 1. The molecule has 1 aromatic heterocycles. The number of hydrogen-bond acceptors (Lipinski definition) is 3. The van der Waals surface area contributed by atoms with Crippen LogP contribution < -0.4 is 5.43 Å². The van der Waals surface area contributed by atoms with Gasteiger partial charge in [0.25, 0.3) is 5.91 Å². The Labute approximate surface area is 205 Å². The van der Waals surface area contributed by atoms with Crippen LogP contribution in [0.15, 0.2) is 90.0 Å². The molecule has 1 N–H and O–H groups in total. The van der Waals surface area contributed by atoms with Crippen molar-refractivity contribution in [2.75, 3.05) is 0 Å². The lowest BCUT2D eigenvalue weighted by molar-refractivity contribution is 0.0955. The van der Waals surface area contributed by atoms with Crippen LogP contribution in [0.1, 0.15) is 44.0 Å². The van der Waals surface area contributed by atoms with Gasteiger partial charge < -0.3 is 4.57 Å². The van der Waals surface area contributed by atoms with Crippen LogP contribution in [-0.2, 0) is 11.5 Å². The van der Waals surface area contributed by atoms with Gasteiger partial charge in [0.05, 0.1) is 6.21 Å². The summed E-state index contributed by atoms with van der Waals surface area (Å²) in [6.07, 6.45) is 1.71. The van der Waals surface area contributed by atoms with E-state index in [4.69, 9.17) is 0 Å². The van der Waals surface area contributed by atoms with Crippen LogP contribution in [0.2, 0.25) is 0 Å². The van der Waals surface area contributed by atoms with Gasteiger partial charge in [0, 0.05) is 39.7 Å². The molecule has 0 bridgehead atoms. The van der Waals surface area contributed by atoms with Crippen molar-refractivity contribution < 1.29 is 4.79 Å². The third-order valence-electron chi connectivity index (χ3n) is 5.70. The molecule has 0 aliphatic rings. The maximum atomic E-state index is 12.5. The predicted octanol–water partition coefficient (Wildman–Crippen LogP) is 6.60. The van der Waals surface area contributed by atoms with Crippen molar-refractivity contribution in [2.45, 2.75) is 32.3 Å². The molecule has 1 amide bonds. The van der Waals surface area contributed by atoms with Crippen LogP contribution in [0.25, 0.3) is 5.69 Å². The summed E-state index contributed by atoms with van der Waals surface area (Å²) in [7, 11) is 0. The molecule has 0 spiro atoms. The molecule has 4 aromatic rings. The van der Waals surface area contributed by atoms with Gasteiger partial charge in [0.1, 0.15) is 0 Å². The topological polar surface area (TPSA) is 46.4 Å². The summed E-state index contributed by atoms with van der Waals surface area (Å²) in [6, 6.07) is 28.6. The van der Waals surface area contributed by atoms with Gasteiger partial charge in [-0.25, -0.2) is 5.43 Å². The largest absolute Gasteiger partial charge is 0.318 e. The van der Waals surface area contributed by atoms with Gasteiger partial charge in [-0.1, -0.05) is 54.6 Å². The summed E-state index contributed by atoms with van der Waals surface area (Å²) in [5.74, 6) is 1.67. The number of thioether (sulfide) groups is 1. The Morgan fingerprint density at radius 1 is 0.882 bits per heavy atom. The van der Waals surface area contributed by atoms with Crippen molar-refractivity contribution in [3.63, 3.8) is 0 Å². The summed E-state index contributed by atoms with van der Waals surface area (Å²) in [4.78, 5) is 12.5. The highest BCUT2D eigenvalue weighted by molar-refractivity contribution is 7.97. The summed E-state index contributed by atoms with van der Waals surface area (Å²) in [6.45, 7) is 6.23. The summed E-state index contributed by atoms with van der Waals surface area (Å²) in [5.41, 5.74) is 11.3. The molecule has 0 saturated carbocycles. The van der Waals surface area contributed by atoms with Crippen LogP contribution in [0.3, 0.4) is 0 Å². The van der Waals surface area contributed by atoms with E-state index in [0.29, 0.717) is 5.56 Å². The van der Waals surface area contributed by atoms with Crippen LogP contribution in [-0.4, -0.2) is 16.7 Å². The molecule has 0 saturated heterocycles. The molecule has 0 radical (unpaired) electrons. The number of aromatic nitrogens is 1. The number of rotatable bonds is 8. The number of carbonyl (C=O) groups excluding carboxylic acids is 1. The SMILES string of the molecule is Cc1cccc(-n2c(C)cc(/C=N\NC(=O)c3ccc(CSCc4ccccc4)cc3)c2C)c1. The van der Waals surface area contributed by atoms with Crippen molar-refractivity contribution in [3.8, 4) is 5.69 Å². The predicted molar refractivity (Wildman–Crippen MR) is 143 cm³/mol. The van der Waals surface area contributed by atoms with Crippen molar-refractivity contribution in [3.05, 3.63) is 124 Å². The van der Waals surface area contributed by atoms with Crippen molar-refractivity contribution >= 4 is 23.9 Å². The van der Waals surface area contributed by atoms with Gasteiger partial charge >= 0.3 is 0 Å². The molecule has 0 fully saturated rings. The Hall–Kier alpha value is -3.57. The minimum Gasteiger partial charge on any atom is -0.318 e. The fourth-order valence-electron chi connectivity index (χ4n) is 3.92. The average Bonchev–Trinajstić information content (AvgIpc) is 3.13. The second kappa shape index (κ2) is 11.0. The Balaban J connectivity index is 1.34. The Morgan fingerprint density at radius 3 is 2.29 bits per heavy atom. The molecule has 5 heteroatoms. The number of hydrazone groups is 1. The second-order valence-electron chi connectivity index (χ2n) is 8.38. The first-order valence-electron chi connectivity index (χ1n) is 11.3. The van der Waals surface area contributed by atoms with E-state index in [9.17, 15) is 4.79 Å². The average molecular weight is 468 g/mol. The molecule has 4 nitrogen and oxygen atoms in total. The highest BCUT2D eigenvalue weighted by Crippen LogP contribution is 2.21. The van der Waals surface area contributed by atoms with Crippen molar-refractivity contribution in [2.24, 2.45) is 5.10 Å². The summed E-state index contributed by atoms with van der Waals surface area (Å²) < 4.78 is 2.20. The molecule has 0 atom stereocenters. The summed E-state index contributed by atoms with van der Waals surface area (Å²) in [5, 5.41) is 4.21. The van der Waals surface area contributed by atoms with Gasteiger partial charge in [0.15, 0.2) is 0 Å². The van der Waals surface area contributed by atoms with Crippen molar-refractivity contribution in [1.82, 2.24) is 9.99 Å². The molecule has 34 heavy (non-hydrogen) atoms. The molecule has 4 rings (SSSR count). The lowest BCUT2D eigenvalue weighted by Gasteiger charge is -2.10. The quantitative estimate of drug-likeness (QED) is 0.234. The van der Waals surface area contributed by atoms with E-state index >= 15 is 0 Å². The lowest BCUT2D eigenvalue weighted by atomic mass is 10.1. The van der Waals surface area contributed by atoms with E-state index in [1.807, 2.05) is 42.1 Å². The fraction of sp³-hybridized carbons (Fsp3) is 0.172. The Morgan fingerprint density at radius 2 is 1.59 bits per heavy atom. The highest BCUT2D eigenvalue weighted by Gasteiger charge is 2.10. The van der Waals surface area contributed by atoms with Crippen LogP contribution >= 0.6 is 11.8 Å². The standard InChI is InChI=1S/C29H29N3OS/c1-21-8-7-11-28(16-21)32-22(2)17-27(23(32)3)18-30-31-29(33)26-14-12-25(13-15-26)20-34-19-24-9-5-4-6-10-24/h4-18H,19-20H2,1-3H3,(H,31,33)/b30-18-. The fourth-order valence-corrected chi connectivity index (χ4v) is 4.88. The van der Waals surface area contributed by atoms with Gasteiger partial charge in [-0.2, -0.15) is 16.9 Å². The normalized spacial score (nSPS) is 11.1. The molecule has 1 heterocycles. The molecular weight excluding hydrogens is 438 g/mol. The number of nitrogens with zero attached hydrogens (tertiary/aromatic N) is 2. The van der Waals surface area contributed by atoms with Gasteiger partial charge in [0.2, 0.25) is 0 Å². The third-order valence-corrected chi connectivity index (χ3v) is 6.77. The minimum atomic E-state index is -0.216. The van der Waals surface area contributed by atoms with Gasteiger partial charge in [-0.05, 0) is 67.8 Å². The van der Waals surface area contributed by atoms with E-state index < -0.39 is 0 Å². The lowest BCUT2D eigenvalue weighted by Crippen LogP contribution is -2.17. The maximum absolute atomic E-state index is 12.5. The monoisotopic (exact) mass is 467 g/mol. The van der Waals surface area contributed by atoms with Gasteiger partial charge in [-0.3, -0.25) is 4.79 Å². The first kappa shape index (κ1) is 23.6. The zero-order valence-corrected chi connectivity index (χ0v) is 20.6. The van der Waals surface area contributed by atoms with Gasteiger partial charge in [-0.15, -0.1) is 0 Å². The second-order valence-corrected chi connectivity index (χ2v) is 9.36. The Kier molecular flexibility index (Phi) is 7.65. The first-order valence-corrected chi connectivity index (χ1v) is 12.5. The molecular formula is C29H29N3OS. The van der Waals surface area contributed by atoms with E-state index in [2.05, 4.69) is 90.5 Å². The number of benzene rings is 3.